The highest BCUT2D eigenvalue weighted by Gasteiger charge is 2.31. The van der Waals surface area contributed by atoms with Crippen LogP contribution < -0.4 is 14.4 Å². The molecule has 0 unspecified atom stereocenters. The number of amides is 2. The lowest BCUT2D eigenvalue weighted by Crippen LogP contribution is -2.52. The zero-order valence-corrected chi connectivity index (χ0v) is 21.9. The van der Waals surface area contributed by atoms with E-state index in [1.807, 2.05) is 0 Å². The number of nitrogens with zero attached hydrogens (tertiary/aromatic N) is 2. The number of anilines is 1. The Bertz CT molecular complexity index is 1110. The number of hydrogen-bond acceptors (Lipinski definition) is 5. The van der Waals surface area contributed by atoms with Crippen molar-refractivity contribution < 1.29 is 22.7 Å². The summed E-state index contributed by atoms with van der Waals surface area (Å²) >= 11 is 12.1. The van der Waals surface area contributed by atoms with Gasteiger partial charge in [0.25, 0.3) is 0 Å². The summed E-state index contributed by atoms with van der Waals surface area (Å²) in [6.07, 6.45) is 1.36. The first-order valence-electron chi connectivity index (χ1n) is 10.6. The van der Waals surface area contributed by atoms with Crippen LogP contribution in [0, 0.1) is 0 Å². The van der Waals surface area contributed by atoms with Crippen LogP contribution in [0.4, 0.5) is 5.69 Å². The molecule has 8 nitrogen and oxygen atoms in total. The summed E-state index contributed by atoms with van der Waals surface area (Å²) in [5.74, 6) is -0.314. The van der Waals surface area contributed by atoms with Gasteiger partial charge in [-0.1, -0.05) is 36.2 Å². The quantitative estimate of drug-likeness (QED) is 0.478. The van der Waals surface area contributed by atoms with E-state index < -0.39 is 28.5 Å². The van der Waals surface area contributed by atoms with Crippen LogP contribution in [-0.2, 0) is 26.2 Å². The first-order chi connectivity index (χ1) is 16.0. The molecular weight excluding hydrogens is 501 g/mol. The second-order valence-electron chi connectivity index (χ2n) is 7.56. The van der Waals surface area contributed by atoms with Gasteiger partial charge in [-0.2, -0.15) is 0 Å². The molecule has 0 spiro atoms. The van der Waals surface area contributed by atoms with Crippen molar-refractivity contribution in [1.82, 2.24) is 10.2 Å². The number of nitrogens with one attached hydrogen (secondary N) is 1. The van der Waals surface area contributed by atoms with Gasteiger partial charge < -0.3 is 15.0 Å². The summed E-state index contributed by atoms with van der Waals surface area (Å²) in [7, 11) is -2.31. The van der Waals surface area contributed by atoms with Crippen LogP contribution in [0.3, 0.4) is 0 Å². The predicted molar refractivity (Wildman–Crippen MR) is 135 cm³/mol. The molecule has 11 heteroatoms. The fourth-order valence-electron chi connectivity index (χ4n) is 3.41. The Morgan fingerprint density at radius 3 is 2.21 bits per heavy atom. The first-order valence-corrected chi connectivity index (χ1v) is 13.2. The number of carbonyl (C=O) groups is 2. The van der Waals surface area contributed by atoms with Gasteiger partial charge in [0.1, 0.15) is 18.3 Å². The van der Waals surface area contributed by atoms with Crippen LogP contribution in [-0.4, -0.2) is 57.6 Å². The minimum Gasteiger partial charge on any atom is -0.497 e. The van der Waals surface area contributed by atoms with Gasteiger partial charge in [0.05, 0.1) is 29.1 Å². The maximum atomic E-state index is 13.5. The highest BCUT2D eigenvalue weighted by molar-refractivity contribution is 7.92. The van der Waals surface area contributed by atoms with Crippen molar-refractivity contribution in [2.45, 2.75) is 32.9 Å². The Hall–Kier alpha value is -2.49. The molecule has 0 radical (unpaired) electrons. The Kier molecular flexibility index (Phi) is 10.0. The highest BCUT2D eigenvalue weighted by Crippen LogP contribution is 2.25. The van der Waals surface area contributed by atoms with Crippen LogP contribution in [0.15, 0.2) is 42.5 Å². The number of sulfonamides is 1. The monoisotopic (exact) mass is 529 g/mol. The lowest BCUT2D eigenvalue weighted by molar-refractivity contribution is -0.140. The fraction of sp³-hybridized carbons (Fsp3) is 0.391. The summed E-state index contributed by atoms with van der Waals surface area (Å²) in [4.78, 5) is 27.6. The lowest BCUT2D eigenvalue weighted by Gasteiger charge is -2.32. The second kappa shape index (κ2) is 12.3. The fourth-order valence-corrected chi connectivity index (χ4v) is 4.58. The lowest BCUT2D eigenvalue weighted by atomic mass is 10.1. The van der Waals surface area contributed by atoms with Gasteiger partial charge in [-0.25, -0.2) is 8.42 Å². The van der Waals surface area contributed by atoms with E-state index in [0.717, 1.165) is 10.6 Å². The number of methoxy groups -OCH3 is 1. The number of carbonyl (C=O) groups excluding carboxylic acids is 2. The maximum absolute atomic E-state index is 13.5. The number of halogens is 2. The van der Waals surface area contributed by atoms with E-state index in [1.165, 1.54) is 12.0 Å². The number of ether oxygens (including phenoxy) is 1. The zero-order chi connectivity index (χ0) is 25.5. The average molecular weight is 530 g/mol. The molecule has 0 bridgehead atoms. The van der Waals surface area contributed by atoms with E-state index in [0.29, 0.717) is 40.0 Å². The Morgan fingerprint density at radius 1 is 1.06 bits per heavy atom. The van der Waals surface area contributed by atoms with Crippen molar-refractivity contribution in [3.05, 3.63) is 58.1 Å². The topological polar surface area (TPSA) is 96.0 Å². The number of hydrogen-bond donors (Lipinski definition) is 1. The minimum absolute atomic E-state index is 0.0472. The zero-order valence-electron chi connectivity index (χ0n) is 19.5. The molecule has 186 valence electrons. The summed E-state index contributed by atoms with van der Waals surface area (Å²) in [5, 5.41) is 3.42. The van der Waals surface area contributed by atoms with Crippen LogP contribution in [0.2, 0.25) is 10.0 Å². The van der Waals surface area contributed by atoms with E-state index in [1.54, 1.807) is 56.3 Å². The molecule has 0 saturated heterocycles. The van der Waals surface area contributed by atoms with Crippen molar-refractivity contribution in [2.24, 2.45) is 0 Å². The smallest absolute Gasteiger partial charge is 0.244 e. The van der Waals surface area contributed by atoms with E-state index in [9.17, 15) is 18.0 Å². The molecule has 1 atom stereocenters. The molecule has 0 saturated carbocycles. The largest absolute Gasteiger partial charge is 0.497 e. The van der Waals surface area contributed by atoms with Gasteiger partial charge in [-0.3, -0.25) is 13.9 Å². The molecule has 0 fully saturated rings. The van der Waals surface area contributed by atoms with Crippen LogP contribution in [0.5, 0.6) is 5.75 Å². The molecule has 0 aliphatic rings. The van der Waals surface area contributed by atoms with Crippen LogP contribution in [0.1, 0.15) is 25.8 Å². The molecular formula is C23H29Cl2N3O5S. The molecule has 2 rings (SSSR count). The summed E-state index contributed by atoms with van der Waals surface area (Å²) in [5.41, 5.74) is 0.957. The number of likely N-dealkylation sites (N-methyl/N-ethyl adjacent to an activating group) is 1. The van der Waals surface area contributed by atoms with Crippen molar-refractivity contribution in [3.8, 4) is 5.75 Å². The van der Waals surface area contributed by atoms with E-state index in [4.69, 9.17) is 27.9 Å². The molecule has 0 aliphatic carbocycles. The van der Waals surface area contributed by atoms with Gasteiger partial charge in [0.2, 0.25) is 21.8 Å². The number of benzene rings is 2. The van der Waals surface area contributed by atoms with Gasteiger partial charge in [0, 0.05) is 13.1 Å². The number of rotatable bonds is 11. The van der Waals surface area contributed by atoms with Gasteiger partial charge in [-0.15, -0.1) is 0 Å². The molecule has 2 aromatic carbocycles. The highest BCUT2D eigenvalue weighted by atomic mass is 35.5. The molecule has 2 amide bonds. The summed E-state index contributed by atoms with van der Waals surface area (Å²) < 4.78 is 31.3. The van der Waals surface area contributed by atoms with Gasteiger partial charge >= 0.3 is 0 Å². The van der Waals surface area contributed by atoms with Crippen molar-refractivity contribution in [3.63, 3.8) is 0 Å². The summed E-state index contributed by atoms with van der Waals surface area (Å²) in [6.45, 7) is 3.52. The van der Waals surface area contributed by atoms with Crippen molar-refractivity contribution in [1.29, 1.82) is 0 Å². The standard InChI is InChI=1S/C23H29Cl2N3O5S/c1-5-21(23(30)26-6-2)27(14-16-7-12-19(24)20(25)13-16)22(29)15-28(34(4,31)32)17-8-10-18(33-3)11-9-17/h7-13,21H,5-6,14-15H2,1-4H3,(H,26,30)/t21-/m1/s1. The van der Waals surface area contributed by atoms with Gasteiger partial charge in [-0.05, 0) is 55.3 Å². The molecule has 0 aliphatic heterocycles. The van der Waals surface area contributed by atoms with Crippen LogP contribution in [0.25, 0.3) is 0 Å². The summed E-state index contributed by atoms with van der Waals surface area (Å²) in [6, 6.07) is 10.4. The third-order valence-electron chi connectivity index (χ3n) is 5.11. The third-order valence-corrected chi connectivity index (χ3v) is 6.99. The second-order valence-corrected chi connectivity index (χ2v) is 10.3. The molecule has 34 heavy (non-hydrogen) atoms. The normalized spacial score (nSPS) is 12.1. The molecule has 1 N–H and O–H groups in total. The average Bonchev–Trinajstić information content (AvgIpc) is 2.79. The van der Waals surface area contributed by atoms with Crippen LogP contribution >= 0.6 is 23.2 Å². The first kappa shape index (κ1) is 27.8. The Balaban J connectivity index is 2.44. The SMILES string of the molecule is CCNC(=O)[C@@H](CC)N(Cc1ccc(Cl)c(Cl)c1)C(=O)CN(c1ccc(OC)cc1)S(C)(=O)=O. The molecule has 0 aromatic heterocycles. The maximum Gasteiger partial charge on any atom is 0.244 e. The predicted octanol–water partition coefficient (Wildman–Crippen LogP) is 3.71. The van der Waals surface area contributed by atoms with E-state index >= 15 is 0 Å². The molecule has 0 heterocycles. The van der Waals surface area contributed by atoms with E-state index in [2.05, 4.69) is 5.32 Å². The van der Waals surface area contributed by atoms with Crippen molar-refractivity contribution >= 4 is 50.7 Å². The Labute approximate surface area is 210 Å². The van der Waals surface area contributed by atoms with Crippen molar-refractivity contribution in [2.75, 3.05) is 30.8 Å². The molecule has 2 aromatic rings. The minimum atomic E-state index is -3.81. The van der Waals surface area contributed by atoms with Gasteiger partial charge in [0.15, 0.2) is 0 Å². The van der Waals surface area contributed by atoms with E-state index in [-0.39, 0.29) is 12.5 Å². The Morgan fingerprint density at radius 2 is 1.71 bits per heavy atom. The third kappa shape index (κ3) is 7.25.